The monoisotopic (exact) mass is 894 g/mol. The van der Waals surface area contributed by atoms with E-state index in [1.54, 1.807) is 0 Å². The van der Waals surface area contributed by atoms with Gasteiger partial charge in [-0.1, -0.05) is 12.1 Å². The van der Waals surface area contributed by atoms with Crippen molar-refractivity contribution in [3.8, 4) is 11.5 Å². The van der Waals surface area contributed by atoms with Gasteiger partial charge in [-0.05, 0) is 48.4 Å². The number of piperidine rings is 1. The zero-order valence-electron chi connectivity index (χ0n) is 33.5. The Hall–Kier alpha value is -5.31. The highest BCUT2D eigenvalue weighted by molar-refractivity contribution is 5.80. The van der Waals surface area contributed by atoms with Gasteiger partial charge in [0.2, 0.25) is 5.91 Å². The number of aromatic amines is 1. The molecule has 63 heavy (non-hydrogen) atoms. The van der Waals surface area contributed by atoms with Crippen LogP contribution in [0.3, 0.4) is 0 Å². The molecule has 0 aliphatic carbocycles. The van der Waals surface area contributed by atoms with Gasteiger partial charge in [-0.2, -0.15) is 5.06 Å². The van der Waals surface area contributed by atoms with Crippen LogP contribution in [0.25, 0.3) is 0 Å². The van der Waals surface area contributed by atoms with Gasteiger partial charge in [-0.15, -0.1) is 13.2 Å². The Bertz CT molecular complexity index is 2140. The summed E-state index contributed by atoms with van der Waals surface area (Å²) in [4.78, 5) is 60.4. The molecule has 3 aromatic rings. The number of urea groups is 1. The molecular formula is C39H49F3N8O13. The molecule has 2 aromatic carbocycles. The third kappa shape index (κ3) is 10.9. The van der Waals surface area contributed by atoms with E-state index in [4.69, 9.17) is 35.3 Å². The maximum absolute atomic E-state index is 13.1. The Morgan fingerprint density at radius 2 is 1.57 bits per heavy atom. The van der Waals surface area contributed by atoms with Crippen LogP contribution >= 0.6 is 0 Å². The van der Waals surface area contributed by atoms with Gasteiger partial charge < -0.3 is 66.0 Å². The Kier molecular flexibility index (Phi) is 14.2. The van der Waals surface area contributed by atoms with Crippen molar-refractivity contribution >= 4 is 17.6 Å². The third-order valence-corrected chi connectivity index (χ3v) is 11.1. The van der Waals surface area contributed by atoms with Crippen LogP contribution < -0.4 is 47.7 Å². The molecule has 4 aliphatic heterocycles. The number of hydrogen-bond donors (Lipinski definition) is 8. The van der Waals surface area contributed by atoms with Crippen LogP contribution in [0.5, 0.6) is 11.5 Å². The second kappa shape index (κ2) is 19.6. The number of nitrogens with one attached hydrogen (secondary N) is 3. The van der Waals surface area contributed by atoms with Gasteiger partial charge in [0.1, 0.15) is 60.3 Å². The molecule has 7 rings (SSSR count). The Morgan fingerprint density at radius 1 is 0.873 bits per heavy atom. The van der Waals surface area contributed by atoms with Crippen LogP contribution in [0.4, 0.5) is 23.7 Å². The molecule has 10 N–H and O–H groups in total. The second-order valence-corrected chi connectivity index (χ2v) is 15.4. The first-order valence-electron chi connectivity index (χ1n) is 20.2. The highest BCUT2D eigenvalue weighted by Gasteiger charge is 2.58. The van der Waals surface area contributed by atoms with Gasteiger partial charge in [0, 0.05) is 70.1 Å². The number of anilines is 1. The standard InChI is InChI=1S/C39H49F3N8O13/c40-39(41,42)62-24-8-6-22(7-9-24)58-23-10-15-48(16-11-23)21-4-2-20(3-5-21)19-46-37(56)45-13-1-14-50-27(34(44)55)31(61-36-33(63-50)28(52)25(18-43)59-36)32-29(53)30(54)35(60-32)49-17-12-26(51)47-38(49)57/h2-9,12,17,23,25,27-33,35-36,52-54H,1,10-11,13-16,18-19,43H2,(H2,44,55)(H2,45,46,56)(H,47,51,57)/t25-,27+,28-,29?,30?,31+,32?,33-,35?,36+/m1/s1. The molecule has 0 spiro atoms. The van der Waals surface area contributed by atoms with E-state index in [0.29, 0.717) is 31.7 Å². The summed E-state index contributed by atoms with van der Waals surface area (Å²) in [7, 11) is 0. The van der Waals surface area contributed by atoms with E-state index in [9.17, 15) is 47.7 Å². The first kappa shape index (κ1) is 45.7. The molecule has 10 atom stereocenters. The molecule has 0 bridgehead atoms. The van der Waals surface area contributed by atoms with Crippen molar-refractivity contribution in [1.29, 1.82) is 0 Å². The van der Waals surface area contributed by atoms with Crippen molar-refractivity contribution < 1.29 is 66.6 Å². The molecular weight excluding hydrogens is 845 g/mol. The Labute approximate surface area is 356 Å². The number of carbonyl (C=O) groups is 2. The summed E-state index contributed by atoms with van der Waals surface area (Å²) in [6.07, 6.45) is -15.1. The number of amides is 3. The zero-order chi connectivity index (χ0) is 45.0. The third-order valence-electron chi connectivity index (χ3n) is 11.1. The number of halogens is 3. The zero-order valence-corrected chi connectivity index (χ0v) is 33.5. The van der Waals surface area contributed by atoms with Crippen molar-refractivity contribution in [2.75, 3.05) is 37.6 Å². The number of fused-ring (bicyclic) bond motifs is 1. The summed E-state index contributed by atoms with van der Waals surface area (Å²) in [6, 6.07) is 12.0. The average Bonchev–Trinajstić information content (AvgIpc) is 3.63. The number of ether oxygens (including phenoxy) is 5. The SMILES string of the molecule is NC[C@H]1O[C@H]2O[C@H](C3OC(n4ccc(=O)[nH]c4=O)C(O)C3O)[C@@H](C(N)=O)N(CCCNC(=O)NCc3ccc(N4CCC(Oc5ccc(OC(F)(F)F)cc5)CC4)cc3)O[C@@H]2[C@@H]1O. The quantitative estimate of drug-likeness (QED) is 0.0891. The van der Waals surface area contributed by atoms with Gasteiger partial charge in [0.05, 0.1) is 0 Å². The molecule has 5 heterocycles. The van der Waals surface area contributed by atoms with E-state index in [1.807, 2.05) is 29.2 Å². The van der Waals surface area contributed by atoms with Crippen LogP contribution in [0, 0.1) is 0 Å². The normalized spacial score (nSPS) is 29.2. The van der Waals surface area contributed by atoms with Gasteiger partial charge >= 0.3 is 18.1 Å². The summed E-state index contributed by atoms with van der Waals surface area (Å²) in [5, 5.41) is 39.7. The first-order chi connectivity index (χ1) is 30.1. The minimum Gasteiger partial charge on any atom is -0.490 e. The van der Waals surface area contributed by atoms with E-state index in [-0.39, 0.29) is 44.5 Å². The molecule has 24 heteroatoms. The number of aliphatic hydroxyl groups excluding tert-OH is 3. The predicted molar refractivity (Wildman–Crippen MR) is 211 cm³/mol. The molecule has 0 saturated carbocycles. The lowest BCUT2D eigenvalue weighted by Crippen LogP contribution is -2.58. The molecule has 4 unspecified atom stereocenters. The largest absolute Gasteiger partial charge is 0.573 e. The van der Waals surface area contributed by atoms with Gasteiger partial charge in [-0.25, -0.2) is 9.59 Å². The summed E-state index contributed by atoms with van der Waals surface area (Å²) in [5.41, 5.74) is 11.8. The minimum atomic E-state index is -4.77. The van der Waals surface area contributed by atoms with Crippen molar-refractivity contribution in [1.82, 2.24) is 25.2 Å². The number of aliphatic hydroxyl groups is 3. The number of alkyl halides is 3. The maximum atomic E-state index is 13.1. The molecule has 4 aliphatic rings. The smallest absolute Gasteiger partial charge is 0.490 e. The van der Waals surface area contributed by atoms with Gasteiger partial charge in [-0.3, -0.25) is 24.0 Å². The number of carbonyl (C=O) groups excluding carboxylic acids is 2. The van der Waals surface area contributed by atoms with E-state index in [1.165, 1.54) is 24.3 Å². The van der Waals surface area contributed by atoms with Crippen LogP contribution in [0.2, 0.25) is 0 Å². The number of nitrogens with two attached hydrogens (primary N) is 2. The fraction of sp³-hybridized carbons (Fsp3) is 0.538. The van der Waals surface area contributed by atoms with Gasteiger partial charge in [0.15, 0.2) is 18.6 Å². The number of aromatic nitrogens is 2. The number of H-pyrrole nitrogens is 1. The van der Waals surface area contributed by atoms with Crippen molar-refractivity contribution in [2.45, 2.75) is 99.6 Å². The highest BCUT2D eigenvalue weighted by Crippen LogP contribution is 2.38. The molecule has 21 nitrogen and oxygen atoms in total. The molecule has 0 radical (unpaired) electrons. The van der Waals surface area contributed by atoms with Crippen LogP contribution in [-0.2, 0) is 30.4 Å². The maximum Gasteiger partial charge on any atom is 0.573 e. The van der Waals surface area contributed by atoms with Crippen molar-refractivity contribution in [3.63, 3.8) is 0 Å². The lowest BCUT2D eigenvalue weighted by molar-refractivity contribution is -0.274. The van der Waals surface area contributed by atoms with E-state index >= 15 is 0 Å². The fourth-order valence-corrected chi connectivity index (χ4v) is 7.95. The fourth-order valence-electron chi connectivity index (χ4n) is 7.95. The minimum absolute atomic E-state index is 0.0795. The van der Waals surface area contributed by atoms with E-state index in [0.717, 1.165) is 33.1 Å². The number of hydroxylamine groups is 2. The Balaban J connectivity index is 0.898. The van der Waals surface area contributed by atoms with Crippen molar-refractivity contribution in [2.24, 2.45) is 11.5 Å². The summed E-state index contributed by atoms with van der Waals surface area (Å²) < 4.78 is 65.9. The number of nitrogens with zero attached hydrogens (tertiary/aromatic N) is 3. The second-order valence-electron chi connectivity index (χ2n) is 15.4. The van der Waals surface area contributed by atoms with E-state index < -0.39 is 90.8 Å². The number of hydrogen-bond acceptors (Lipinski definition) is 16. The lowest BCUT2D eigenvalue weighted by atomic mass is 9.98. The van der Waals surface area contributed by atoms with Crippen molar-refractivity contribution in [3.05, 3.63) is 87.2 Å². The molecule has 1 aromatic heterocycles. The number of benzene rings is 2. The van der Waals surface area contributed by atoms with Gasteiger partial charge in [0.25, 0.3) is 5.56 Å². The summed E-state index contributed by atoms with van der Waals surface area (Å²) in [5.74, 6) is -0.866. The van der Waals surface area contributed by atoms with E-state index in [2.05, 4.69) is 20.3 Å². The number of rotatable bonds is 14. The predicted octanol–water partition coefficient (Wildman–Crippen LogP) is -1.11. The van der Waals surface area contributed by atoms with Crippen LogP contribution in [0.1, 0.15) is 31.1 Å². The molecule has 3 amide bonds. The van der Waals surface area contributed by atoms with Crippen LogP contribution in [-0.4, -0.2) is 142 Å². The molecule has 4 fully saturated rings. The number of primary amides is 1. The van der Waals surface area contributed by atoms with Crippen LogP contribution in [0.15, 0.2) is 70.4 Å². The molecule has 344 valence electrons. The molecule has 4 saturated heterocycles. The lowest BCUT2D eigenvalue weighted by Gasteiger charge is -2.35. The summed E-state index contributed by atoms with van der Waals surface area (Å²) >= 11 is 0. The summed E-state index contributed by atoms with van der Waals surface area (Å²) in [6.45, 7) is 1.47. The highest BCUT2D eigenvalue weighted by atomic mass is 19.4. The topological polar surface area (TPSA) is 288 Å². The Morgan fingerprint density at radius 3 is 2.22 bits per heavy atom. The first-order valence-corrected chi connectivity index (χ1v) is 20.2. The average molecular weight is 895 g/mol.